The van der Waals surface area contributed by atoms with Crippen molar-refractivity contribution in [1.82, 2.24) is 4.90 Å². The number of nitrogens with zero attached hydrogens (tertiary/aromatic N) is 2. The third-order valence-corrected chi connectivity index (χ3v) is 5.00. The quantitative estimate of drug-likeness (QED) is 0.823. The number of carbonyl (C=O) groups is 2. The van der Waals surface area contributed by atoms with Crippen LogP contribution in [-0.4, -0.2) is 48.6 Å². The summed E-state index contributed by atoms with van der Waals surface area (Å²) in [6.45, 7) is 8.82. The fraction of sp³-hybridized carbons (Fsp3) is 0.556. The highest BCUT2D eigenvalue weighted by molar-refractivity contribution is 6.31. The highest BCUT2D eigenvalue weighted by atomic mass is 35.5. The number of morpholine rings is 1. The van der Waals surface area contributed by atoms with Crippen LogP contribution in [-0.2, 0) is 19.7 Å². The number of amides is 2. The monoisotopic (exact) mass is 350 g/mol. The summed E-state index contributed by atoms with van der Waals surface area (Å²) in [6, 6.07) is 5.39. The number of benzene rings is 1. The molecule has 5 nitrogen and oxygen atoms in total. The van der Waals surface area contributed by atoms with Crippen LogP contribution in [0.1, 0.15) is 33.3 Å². The van der Waals surface area contributed by atoms with Crippen LogP contribution in [0.2, 0.25) is 5.02 Å². The second-order valence-electron chi connectivity index (χ2n) is 7.23. The van der Waals surface area contributed by atoms with Crippen LogP contribution in [0.4, 0.5) is 5.69 Å². The molecule has 0 N–H and O–H groups in total. The minimum Gasteiger partial charge on any atom is -0.372 e. The molecule has 24 heavy (non-hydrogen) atoms. The maximum absolute atomic E-state index is 12.8. The molecule has 0 radical (unpaired) electrons. The number of anilines is 1. The molecule has 6 heteroatoms. The Labute approximate surface area is 147 Å². The fourth-order valence-electron chi connectivity index (χ4n) is 3.58. The van der Waals surface area contributed by atoms with E-state index in [1.54, 1.807) is 15.9 Å². The van der Waals surface area contributed by atoms with Crippen LogP contribution in [0.5, 0.6) is 0 Å². The van der Waals surface area contributed by atoms with Gasteiger partial charge in [0.1, 0.15) is 6.54 Å². The molecule has 0 bridgehead atoms. The molecule has 0 unspecified atom stereocenters. The third-order valence-electron chi connectivity index (χ3n) is 4.77. The zero-order chi connectivity index (χ0) is 17.6. The summed E-state index contributed by atoms with van der Waals surface area (Å²) in [5.41, 5.74) is 0.972. The van der Waals surface area contributed by atoms with Crippen LogP contribution in [0.15, 0.2) is 18.2 Å². The van der Waals surface area contributed by atoms with Gasteiger partial charge >= 0.3 is 0 Å². The van der Waals surface area contributed by atoms with Gasteiger partial charge in [-0.3, -0.25) is 9.59 Å². The Hall–Kier alpha value is -1.59. The highest BCUT2D eigenvalue weighted by Crippen LogP contribution is 2.42. The molecule has 2 aliphatic heterocycles. The molecule has 3 rings (SSSR count). The molecule has 0 aliphatic carbocycles. The van der Waals surface area contributed by atoms with E-state index in [0.717, 1.165) is 11.3 Å². The van der Waals surface area contributed by atoms with E-state index in [-0.39, 0.29) is 30.6 Å². The van der Waals surface area contributed by atoms with Gasteiger partial charge in [0.15, 0.2) is 0 Å². The first kappa shape index (κ1) is 17.2. The molecule has 130 valence electrons. The fourth-order valence-corrected chi connectivity index (χ4v) is 3.75. The van der Waals surface area contributed by atoms with Crippen LogP contribution in [0.3, 0.4) is 0 Å². The predicted molar refractivity (Wildman–Crippen MR) is 93.4 cm³/mol. The summed E-state index contributed by atoms with van der Waals surface area (Å²) in [7, 11) is 0. The minimum atomic E-state index is -0.674. The van der Waals surface area contributed by atoms with Gasteiger partial charge in [-0.15, -0.1) is 0 Å². The largest absolute Gasteiger partial charge is 0.372 e. The van der Waals surface area contributed by atoms with Crippen molar-refractivity contribution in [2.45, 2.75) is 45.3 Å². The zero-order valence-corrected chi connectivity index (χ0v) is 15.3. The summed E-state index contributed by atoms with van der Waals surface area (Å²) in [4.78, 5) is 28.9. The second kappa shape index (κ2) is 6.05. The van der Waals surface area contributed by atoms with Gasteiger partial charge in [-0.25, -0.2) is 0 Å². The number of hydrogen-bond acceptors (Lipinski definition) is 3. The Morgan fingerprint density at radius 2 is 1.92 bits per heavy atom. The van der Waals surface area contributed by atoms with E-state index in [2.05, 4.69) is 0 Å². The van der Waals surface area contributed by atoms with Crippen LogP contribution < -0.4 is 4.90 Å². The average molecular weight is 351 g/mol. The molecular formula is C18H23ClN2O3. The summed E-state index contributed by atoms with van der Waals surface area (Å²) < 4.78 is 5.67. The van der Waals surface area contributed by atoms with Crippen LogP contribution >= 0.6 is 11.6 Å². The third kappa shape index (κ3) is 2.91. The Morgan fingerprint density at radius 1 is 1.29 bits per heavy atom. The lowest BCUT2D eigenvalue weighted by Crippen LogP contribution is -2.52. The molecular weight excluding hydrogens is 328 g/mol. The van der Waals surface area contributed by atoms with Gasteiger partial charge in [-0.1, -0.05) is 11.6 Å². The normalized spacial score (nSPS) is 25.8. The lowest BCUT2D eigenvalue weighted by atomic mass is 9.86. The first-order valence-electron chi connectivity index (χ1n) is 8.25. The van der Waals surface area contributed by atoms with Gasteiger partial charge in [0.25, 0.3) is 0 Å². The van der Waals surface area contributed by atoms with E-state index >= 15 is 0 Å². The van der Waals surface area contributed by atoms with E-state index in [4.69, 9.17) is 16.3 Å². The molecule has 1 saturated heterocycles. The summed E-state index contributed by atoms with van der Waals surface area (Å²) in [6.07, 6.45) is 0.0176. The van der Waals surface area contributed by atoms with Crippen molar-refractivity contribution in [2.24, 2.45) is 0 Å². The zero-order valence-electron chi connectivity index (χ0n) is 14.5. The average Bonchev–Trinajstić information content (AvgIpc) is 2.67. The molecule has 1 fully saturated rings. The maximum Gasteiger partial charge on any atom is 0.242 e. The molecule has 2 heterocycles. The Bertz CT molecular complexity index is 679. The van der Waals surface area contributed by atoms with Gasteiger partial charge in [-0.05, 0) is 51.5 Å². The molecule has 2 amide bonds. The van der Waals surface area contributed by atoms with Gasteiger partial charge < -0.3 is 14.5 Å². The van der Waals surface area contributed by atoms with Gasteiger partial charge in [0.2, 0.25) is 11.8 Å². The summed E-state index contributed by atoms with van der Waals surface area (Å²) in [5.74, 6) is -0.119. The number of halogens is 1. The number of fused-ring (bicyclic) bond motifs is 1. The first-order valence-corrected chi connectivity index (χ1v) is 8.63. The molecule has 0 spiro atoms. The molecule has 0 aromatic heterocycles. The topological polar surface area (TPSA) is 49.9 Å². The summed E-state index contributed by atoms with van der Waals surface area (Å²) in [5, 5.41) is 0.596. The van der Waals surface area contributed by atoms with Crippen LogP contribution in [0, 0.1) is 0 Å². The van der Waals surface area contributed by atoms with Crippen molar-refractivity contribution < 1.29 is 14.3 Å². The van der Waals surface area contributed by atoms with Crippen molar-refractivity contribution in [3.05, 3.63) is 28.8 Å². The van der Waals surface area contributed by atoms with E-state index in [9.17, 15) is 9.59 Å². The van der Waals surface area contributed by atoms with Crippen LogP contribution in [0.25, 0.3) is 0 Å². The standard InChI is InChI=1S/C18H23ClN2O3/c1-11-8-20(9-12(2)24-11)16(22)10-21-15-6-5-13(19)7-14(15)18(3,4)17(21)23/h5-7,11-12H,8-10H2,1-4H3/t11-,12+. The predicted octanol–water partition coefficient (Wildman–Crippen LogP) is 2.60. The molecule has 0 saturated carbocycles. The lowest BCUT2D eigenvalue weighted by Gasteiger charge is -2.36. The maximum atomic E-state index is 12.8. The van der Waals surface area contributed by atoms with Gasteiger partial charge in [0.05, 0.1) is 17.6 Å². The van der Waals surface area contributed by atoms with E-state index in [1.165, 1.54) is 0 Å². The molecule has 2 aliphatic rings. The van der Waals surface area contributed by atoms with E-state index in [0.29, 0.717) is 18.1 Å². The number of rotatable bonds is 2. The van der Waals surface area contributed by atoms with Gasteiger partial charge in [0, 0.05) is 23.8 Å². The lowest BCUT2D eigenvalue weighted by molar-refractivity contribution is -0.142. The van der Waals surface area contributed by atoms with Crippen molar-refractivity contribution >= 4 is 29.1 Å². The molecule has 1 aromatic rings. The van der Waals surface area contributed by atoms with Crippen molar-refractivity contribution in [3.63, 3.8) is 0 Å². The Balaban J connectivity index is 1.83. The number of hydrogen-bond donors (Lipinski definition) is 0. The molecule has 1 aromatic carbocycles. The number of ether oxygens (including phenoxy) is 1. The summed E-state index contributed by atoms with van der Waals surface area (Å²) >= 11 is 6.09. The van der Waals surface area contributed by atoms with Gasteiger partial charge in [-0.2, -0.15) is 0 Å². The second-order valence-corrected chi connectivity index (χ2v) is 7.67. The Morgan fingerprint density at radius 3 is 2.54 bits per heavy atom. The first-order chi connectivity index (χ1) is 11.2. The van der Waals surface area contributed by atoms with Crippen molar-refractivity contribution in [1.29, 1.82) is 0 Å². The highest BCUT2D eigenvalue weighted by Gasteiger charge is 2.45. The van der Waals surface area contributed by atoms with E-state index < -0.39 is 5.41 Å². The SMILES string of the molecule is C[C@@H]1CN(C(=O)CN2C(=O)C(C)(C)c3cc(Cl)ccc32)C[C@H](C)O1. The smallest absolute Gasteiger partial charge is 0.242 e. The van der Waals surface area contributed by atoms with Crippen molar-refractivity contribution in [3.8, 4) is 0 Å². The van der Waals surface area contributed by atoms with E-state index in [1.807, 2.05) is 39.8 Å². The minimum absolute atomic E-state index is 0.00881. The molecule has 2 atom stereocenters. The number of carbonyl (C=O) groups excluding carboxylic acids is 2. The Kier molecular flexibility index (Phi) is 4.34. The van der Waals surface area contributed by atoms with Crippen molar-refractivity contribution in [2.75, 3.05) is 24.5 Å².